The number of H-pyrrole nitrogens is 1. The van der Waals surface area contributed by atoms with Gasteiger partial charge in [0.2, 0.25) is 0 Å². The first-order valence-corrected chi connectivity index (χ1v) is 5.66. The Kier molecular flexibility index (Phi) is 3.41. The summed E-state index contributed by atoms with van der Waals surface area (Å²) in [6.45, 7) is 0. The van der Waals surface area contributed by atoms with E-state index in [0.717, 1.165) is 0 Å². The molecule has 4 nitrogen and oxygen atoms in total. The minimum Gasteiger partial charge on any atom is -0.478 e. The fraction of sp³-hybridized carbons (Fsp3) is 0. The van der Waals surface area contributed by atoms with Crippen LogP contribution >= 0.6 is 23.2 Å². The minimum atomic E-state index is -1.18. The Morgan fingerprint density at radius 1 is 1.17 bits per heavy atom. The van der Waals surface area contributed by atoms with Gasteiger partial charge in [-0.25, -0.2) is 4.79 Å². The van der Waals surface area contributed by atoms with Crippen molar-refractivity contribution in [2.45, 2.75) is 0 Å². The maximum absolute atomic E-state index is 11.7. The summed E-state index contributed by atoms with van der Waals surface area (Å²) in [6.07, 6.45) is 1.28. The highest BCUT2D eigenvalue weighted by molar-refractivity contribution is 6.42. The number of benzene rings is 1. The molecule has 0 saturated heterocycles. The van der Waals surface area contributed by atoms with Crippen LogP contribution in [0.15, 0.2) is 35.3 Å². The van der Waals surface area contributed by atoms with Crippen LogP contribution in [0.4, 0.5) is 0 Å². The fourth-order valence-corrected chi connectivity index (χ4v) is 1.89. The van der Waals surface area contributed by atoms with Crippen molar-refractivity contribution in [3.8, 4) is 11.1 Å². The molecule has 0 radical (unpaired) electrons. The van der Waals surface area contributed by atoms with Gasteiger partial charge >= 0.3 is 5.97 Å². The molecular formula is C12H7Cl2NO3. The van der Waals surface area contributed by atoms with Crippen molar-refractivity contribution in [2.24, 2.45) is 0 Å². The number of aromatic carboxylic acids is 1. The molecular weight excluding hydrogens is 277 g/mol. The zero-order chi connectivity index (χ0) is 13.3. The number of rotatable bonds is 2. The Morgan fingerprint density at radius 3 is 2.50 bits per heavy atom. The van der Waals surface area contributed by atoms with Crippen molar-refractivity contribution >= 4 is 29.2 Å². The predicted molar refractivity (Wildman–Crippen MR) is 69.5 cm³/mol. The summed E-state index contributed by atoms with van der Waals surface area (Å²) in [4.78, 5) is 25.3. The van der Waals surface area contributed by atoms with Crippen LogP contribution in [0.3, 0.4) is 0 Å². The van der Waals surface area contributed by atoms with Crippen LogP contribution in [0.5, 0.6) is 0 Å². The number of hydrogen-bond donors (Lipinski definition) is 2. The number of nitrogens with one attached hydrogen (secondary N) is 1. The lowest BCUT2D eigenvalue weighted by molar-refractivity contribution is 0.0697. The summed E-state index contributed by atoms with van der Waals surface area (Å²) in [5.74, 6) is -1.18. The zero-order valence-electron chi connectivity index (χ0n) is 8.91. The highest BCUT2D eigenvalue weighted by Crippen LogP contribution is 2.28. The van der Waals surface area contributed by atoms with Gasteiger partial charge in [0.05, 0.1) is 21.2 Å². The maximum Gasteiger partial charge on any atom is 0.336 e. The molecule has 0 amide bonds. The van der Waals surface area contributed by atoms with Gasteiger partial charge in [-0.3, -0.25) is 4.79 Å². The number of pyridine rings is 1. The van der Waals surface area contributed by atoms with E-state index < -0.39 is 11.5 Å². The first-order chi connectivity index (χ1) is 8.50. The summed E-state index contributed by atoms with van der Waals surface area (Å²) >= 11 is 11.6. The van der Waals surface area contributed by atoms with Gasteiger partial charge in [-0.05, 0) is 23.8 Å². The Morgan fingerprint density at radius 2 is 1.89 bits per heavy atom. The Balaban J connectivity index is 2.74. The summed E-state index contributed by atoms with van der Waals surface area (Å²) < 4.78 is 0. The lowest BCUT2D eigenvalue weighted by Crippen LogP contribution is -2.14. The van der Waals surface area contributed by atoms with Crippen molar-refractivity contribution in [1.82, 2.24) is 4.98 Å². The Hall–Kier alpha value is -1.78. The highest BCUT2D eigenvalue weighted by Gasteiger charge is 2.15. The smallest absolute Gasteiger partial charge is 0.336 e. The van der Waals surface area contributed by atoms with Gasteiger partial charge in [0, 0.05) is 6.20 Å². The van der Waals surface area contributed by atoms with E-state index >= 15 is 0 Å². The number of halogens is 2. The number of aromatic nitrogens is 1. The molecule has 0 aliphatic carbocycles. The topological polar surface area (TPSA) is 70.2 Å². The third-order valence-corrected chi connectivity index (χ3v) is 3.14. The van der Waals surface area contributed by atoms with Crippen molar-refractivity contribution < 1.29 is 9.90 Å². The van der Waals surface area contributed by atoms with E-state index in [9.17, 15) is 9.59 Å². The van der Waals surface area contributed by atoms with Crippen molar-refractivity contribution in [3.63, 3.8) is 0 Å². The molecule has 1 aromatic heterocycles. The molecule has 0 aliphatic heterocycles. The van der Waals surface area contributed by atoms with E-state index in [0.29, 0.717) is 10.6 Å². The lowest BCUT2D eigenvalue weighted by Gasteiger charge is -2.06. The third kappa shape index (κ3) is 2.25. The second-order valence-electron chi connectivity index (χ2n) is 3.53. The van der Waals surface area contributed by atoms with Gasteiger partial charge in [-0.1, -0.05) is 29.3 Å². The van der Waals surface area contributed by atoms with Crippen LogP contribution in [0.2, 0.25) is 10.0 Å². The largest absolute Gasteiger partial charge is 0.478 e. The minimum absolute atomic E-state index is 0.0589. The van der Waals surface area contributed by atoms with Crippen LogP contribution in [0, 0.1) is 0 Å². The van der Waals surface area contributed by atoms with Crippen LogP contribution in [0.25, 0.3) is 11.1 Å². The quantitative estimate of drug-likeness (QED) is 0.890. The van der Waals surface area contributed by atoms with Crippen LogP contribution in [-0.2, 0) is 0 Å². The van der Waals surface area contributed by atoms with Gasteiger partial charge in [-0.2, -0.15) is 0 Å². The van der Waals surface area contributed by atoms with E-state index in [2.05, 4.69) is 4.98 Å². The first-order valence-electron chi connectivity index (χ1n) is 4.91. The molecule has 6 heteroatoms. The molecule has 0 fully saturated rings. The van der Waals surface area contributed by atoms with E-state index in [1.807, 2.05) is 0 Å². The molecule has 18 heavy (non-hydrogen) atoms. The molecule has 1 aromatic carbocycles. The number of carbonyl (C=O) groups is 1. The normalized spacial score (nSPS) is 10.3. The molecule has 0 spiro atoms. The molecule has 0 atom stereocenters. The van der Waals surface area contributed by atoms with Gasteiger partial charge in [0.1, 0.15) is 0 Å². The van der Waals surface area contributed by atoms with Crippen LogP contribution in [-0.4, -0.2) is 16.1 Å². The second kappa shape index (κ2) is 4.84. The summed E-state index contributed by atoms with van der Waals surface area (Å²) in [6, 6.07) is 5.84. The summed E-state index contributed by atoms with van der Waals surface area (Å²) in [5, 5.41) is 9.66. The number of carboxylic acids is 1. The molecule has 2 rings (SSSR count). The van der Waals surface area contributed by atoms with E-state index in [1.165, 1.54) is 24.4 Å². The average molecular weight is 284 g/mol. The first kappa shape index (κ1) is 12.7. The zero-order valence-corrected chi connectivity index (χ0v) is 10.4. The van der Waals surface area contributed by atoms with Crippen molar-refractivity contribution in [2.75, 3.05) is 0 Å². The Labute approximate surface area is 112 Å². The Bertz CT molecular complexity index is 679. The van der Waals surface area contributed by atoms with E-state index in [1.54, 1.807) is 6.07 Å². The molecule has 2 aromatic rings. The molecule has 0 bridgehead atoms. The predicted octanol–water partition coefficient (Wildman–Crippen LogP) is 3.05. The van der Waals surface area contributed by atoms with Crippen LogP contribution in [0.1, 0.15) is 10.4 Å². The lowest BCUT2D eigenvalue weighted by atomic mass is 10.0. The average Bonchev–Trinajstić information content (AvgIpc) is 2.32. The molecule has 0 saturated carbocycles. The number of aromatic amines is 1. The molecule has 1 heterocycles. The second-order valence-corrected chi connectivity index (χ2v) is 4.34. The monoisotopic (exact) mass is 283 g/mol. The van der Waals surface area contributed by atoms with E-state index in [4.69, 9.17) is 28.3 Å². The molecule has 0 unspecified atom stereocenters. The van der Waals surface area contributed by atoms with E-state index in [-0.39, 0.29) is 16.1 Å². The maximum atomic E-state index is 11.7. The third-order valence-electron chi connectivity index (χ3n) is 2.40. The molecule has 0 aliphatic rings. The van der Waals surface area contributed by atoms with Gasteiger partial charge < -0.3 is 10.1 Å². The van der Waals surface area contributed by atoms with Gasteiger partial charge in [-0.15, -0.1) is 0 Å². The van der Waals surface area contributed by atoms with Crippen molar-refractivity contribution in [3.05, 3.63) is 56.4 Å². The molecule has 2 N–H and O–H groups in total. The summed E-state index contributed by atoms with van der Waals surface area (Å²) in [5.41, 5.74) is -0.113. The fourth-order valence-electron chi connectivity index (χ4n) is 1.59. The van der Waals surface area contributed by atoms with Crippen molar-refractivity contribution in [1.29, 1.82) is 0 Å². The standard InChI is InChI=1S/C12H7Cl2NO3/c13-8-2-1-6(5-9(8)14)10-7(12(17)18)3-4-15-11(10)16/h1-5H,(H,15,16)(H,17,18). The number of hydrogen-bond acceptors (Lipinski definition) is 2. The van der Waals surface area contributed by atoms with Crippen LogP contribution < -0.4 is 5.56 Å². The molecule has 92 valence electrons. The van der Waals surface area contributed by atoms with Gasteiger partial charge in [0.25, 0.3) is 5.56 Å². The highest BCUT2D eigenvalue weighted by atomic mass is 35.5. The van der Waals surface area contributed by atoms with Gasteiger partial charge in [0.15, 0.2) is 0 Å². The SMILES string of the molecule is O=C(O)c1cc[nH]c(=O)c1-c1ccc(Cl)c(Cl)c1. The summed E-state index contributed by atoms with van der Waals surface area (Å²) in [7, 11) is 0. The number of carboxylic acid groups (broad SMARTS) is 1.